The quantitative estimate of drug-likeness (QED) is 0.707. The number of hydrogen-bond donors (Lipinski definition) is 0. The molecule has 1 aliphatic heterocycles. The fourth-order valence-electron chi connectivity index (χ4n) is 1.98. The highest BCUT2D eigenvalue weighted by atomic mass is 127. The summed E-state index contributed by atoms with van der Waals surface area (Å²) in [7, 11) is 3.06. The van der Waals surface area contributed by atoms with Crippen LogP contribution >= 0.6 is 22.6 Å². The number of likely N-dealkylation sites (N-methyl/N-ethyl adjacent to an activating group) is 1. The predicted octanol–water partition coefficient (Wildman–Crippen LogP) is 2.41. The van der Waals surface area contributed by atoms with Crippen LogP contribution in [0, 0.1) is 10.5 Å². The molecule has 1 aromatic carbocycles. The summed E-state index contributed by atoms with van der Waals surface area (Å²) in [5.41, 5.74) is 2.09. The van der Waals surface area contributed by atoms with E-state index in [1.54, 1.807) is 14.0 Å². The van der Waals surface area contributed by atoms with E-state index >= 15 is 0 Å². The van der Waals surface area contributed by atoms with Crippen LogP contribution in [0.2, 0.25) is 0 Å². The van der Waals surface area contributed by atoms with Crippen molar-refractivity contribution in [2.24, 2.45) is 0 Å². The Labute approximate surface area is 133 Å². The van der Waals surface area contributed by atoms with Gasteiger partial charge in [-0.1, -0.05) is 0 Å². The molecule has 7 heteroatoms. The zero-order valence-electron chi connectivity index (χ0n) is 11.5. The summed E-state index contributed by atoms with van der Waals surface area (Å²) in [6.07, 6.45) is 0. The zero-order valence-corrected chi connectivity index (χ0v) is 14.5. The van der Waals surface area contributed by atoms with Crippen molar-refractivity contribution in [1.29, 1.82) is 0 Å². The van der Waals surface area contributed by atoms with E-state index in [1.165, 1.54) is 7.05 Å². The van der Waals surface area contributed by atoms with Crippen molar-refractivity contribution >= 4 is 45.5 Å². The third kappa shape index (κ3) is 2.56. The van der Waals surface area contributed by atoms with Gasteiger partial charge in [0.15, 0.2) is 5.76 Å². The molecule has 0 radical (unpaired) electrons. The van der Waals surface area contributed by atoms with Crippen LogP contribution in [0.1, 0.15) is 18.1 Å². The number of hydrogen-bond acceptors (Lipinski definition) is 4. The van der Waals surface area contributed by atoms with Crippen LogP contribution in [0.3, 0.4) is 0 Å². The van der Waals surface area contributed by atoms with Gasteiger partial charge in [0.25, 0.3) is 5.91 Å². The molecule has 1 aromatic rings. The Hall–Kier alpha value is -1.09. The summed E-state index contributed by atoms with van der Waals surface area (Å²) in [5, 5.41) is 0. The van der Waals surface area contributed by atoms with Crippen molar-refractivity contribution in [3.05, 3.63) is 32.4 Å². The van der Waals surface area contributed by atoms with Gasteiger partial charge in [-0.3, -0.25) is 4.79 Å². The number of halogens is 1. The summed E-state index contributed by atoms with van der Waals surface area (Å²) in [5.74, 6) is 0.844. The second kappa shape index (κ2) is 5.72. The number of carbonyl (C=O) groups is 1. The van der Waals surface area contributed by atoms with Gasteiger partial charge in [-0.25, -0.2) is 4.31 Å². The van der Waals surface area contributed by atoms with Crippen LogP contribution < -0.4 is 4.74 Å². The van der Waals surface area contributed by atoms with E-state index in [9.17, 15) is 9.00 Å². The molecule has 0 N–H and O–H groups in total. The van der Waals surface area contributed by atoms with E-state index in [0.29, 0.717) is 11.3 Å². The standard InChI is InChI=1S/C13H14INO4S/c1-7-5-9(6-10(14)11(7)18-4)12-8(2)13(16)15(3)20(17)19-12/h5-6H,1-4H3. The summed E-state index contributed by atoms with van der Waals surface area (Å²) >= 11 is 0.361. The lowest BCUT2D eigenvalue weighted by Crippen LogP contribution is -2.34. The molecule has 1 heterocycles. The summed E-state index contributed by atoms with van der Waals surface area (Å²) in [6, 6.07) is 3.71. The number of amides is 1. The first kappa shape index (κ1) is 15.3. The molecule has 1 unspecified atom stereocenters. The SMILES string of the molecule is COc1c(C)cc(C2=C(C)C(=O)N(C)S(=O)O2)cc1I. The maximum Gasteiger partial charge on any atom is 0.321 e. The number of aryl methyl sites for hydroxylation is 1. The molecule has 108 valence electrons. The molecule has 1 atom stereocenters. The highest BCUT2D eigenvalue weighted by Crippen LogP contribution is 2.33. The maximum atomic E-state index is 12.0. The van der Waals surface area contributed by atoms with Gasteiger partial charge >= 0.3 is 11.3 Å². The van der Waals surface area contributed by atoms with E-state index in [-0.39, 0.29) is 5.91 Å². The summed E-state index contributed by atoms with van der Waals surface area (Å²) < 4.78 is 24.4. The average Bonchev–Trinajstić information content (AvgIpc) is 2.40. The second-order valence-corrected chi connectivity index (χ2v) is 6.68. The molecule has 5 nitrogen and oxygen atoms in total. The number of nitrogens with zero attached hydrogens (tertiary/aromatic N) is 1. The largest absolute Gasteiger partial charge is 0.495 e. The van der Waals surface area contributed by atoms with Gasteiger partial charge in [-0.15, -0.1) is 0 Å². The van der Waals surface area contributed by atoms with Gasteiger partial charge in [-0.05, 0) is 54.1 Å². The Balaban J connectivity index is 2.57. The van der Waals surface area contributed by atoms with Crippen LogP contribution in [0.5, 0.6) is 5.75 Å². The third-order valence-corrected chi connectivity index (χ3v) is 4.74. The molecule has 0 fully saturated rings. The minimum absolute atomic E-state index is 0.298. The van der Waals surface area contributed by atoms with E-state index in [4.69, 9.17) is 8.92 Å². The summed E-state index contributed by atoms with van der Waals surface area (Å²) in [4.78, 5) is 12.0. The minimum Gasteiger partial charge on any atom is -0.495 e. The van der Waals surface area contributed by atoms with Crippen molar-refractivity contribution in [3.63, 3.8) is 0 Å². The number of carbonyl (C=O) groups excluding carboxylic acids is 1. The zero-order chi connectivity index (χ0) is 15.0. The highest BCUT2D eigenvalue weighted by molar-refractivity contribution is 14.1. The monoisotopic (exact) mass is 407 g/mol. The molecule has 2 rings (SSSR count). The lowest BCUT2D eigenvalue weighted by molar-refractivity contribution is -0.122. The fraction of sp³-hybridized carbons (Fsp3) is 0.308. The lowest BCUT2D eigenvalue weighted by atomic mass is 10.1. The molecule has 1 amide bonds. The van der Waals surface area contributed by atoms with Crippen molar-refractivity contribution in [2.45, 2.75) is 13.8 Å². The first-order valence-electron chi connectivity index (χ1n) is 5.80. The Kier molecular flexibility index (Phi) is 4.38. The molecule has 0 saturated carbocycles. The van der Waals surface area contributed by atoms with Crippen LogP contribution in [0.15, 0.2) is 17.7 Å². The van der Waals surface area contributed by atoms with Crippen molar-refractivity contribution in [2.75, 3.05) is 14.2 Å². The maximum absolute atomic E-state index is 12.0. The average molecular weight is 407 g/mol. The van der Waals surface area contributed by atoms with Gasteiger partial charge in [0.1, 0.15) is 5.75 Å². The summed E-state index contributed by atoms with van der Waals surface area (Å²) in [6.45, 7) is 3.57. The molecule has 0 spiro atoms. The number of methoxy groups -OCH3 is 1. The molecule has 1 aliphatic rings. The minimum atomic E-state index is -1.79. The van der Waals surface area contributed by atoms with Gasteiger partial charge in [0.2, 0.25) is 0 Å². The Bertz CT molecular complexity index is 618. The molecular formula is C13H14INO4S. The van der Waals surface area contributed by atoms with Crippen LogP contribution in [-0.2, 0) is 20.2 Å². The second-order valence-electron chi connectivity index (χ2n) is 4.37. The van der Waals surface area contributed by atoms with Crippen molar-refractivity contribution in [1.82, 2.24) is 4.31 Å². The fourth-order valence-corrected chi connectivity index (χ4v) is 3.70. The van der Waals surface area contributed by atoms with Gasteiger partial charge in [-0.2, -0.15) is 4.21 Å². The number of ether oxygens (including phenoxy) is 1. The molecule has 0 saturated heterocycles. The Morgan fingerprint density at radius 1 is 1.35 bits per heavy atom. The van der Waals surface area contributed by atoms with E-state index in [0.717, 1.165) is 24.8 Å². The smallest absolute Gasteiger partial charge is 0.321 e. The van der Waals surface area contributed by atoms with Gasteiger partial charge in [0, 0.05) is 12.6 Å². The Morgan fingerprint density at radius 2 is 2.00 bits per heavy atom. The van der Waals surface area contributed by atoms with Gasteiger partial charge < -0.3 is 8.92 Å². The third-order valence-electron chi connectivity index (χ3n) is 3.02. The molecule has 20 heavy (non-hydrogen) atoms. The van der Waals surface area contributed by atoms with E-state index in [1.807, 2.05) is 19.1 Å². The molecular weight excluding hydrogens is 393 g/mol. The normalized spacial score (nSPS) is 19.1. The van der Waals surface area contributed by atoms with E-state index in [2.05, 4.69) is 22.6 Å². The molecule has 0 aromatic heterocycles. The molecule has 0 aliphatic carbocycles. The van der Waals surface area contributed by atoms with Crippen molar-refractivity contribution < 1.29 is 17.9 Å². The highest BCUT2D eigenvalue weighted by Gasteiger charge is 2.30. The number of rotatable bonds is 2. The lowest BCUT2D eigenvalue weighted by Gasteiger charge is -2.24. The first-order chi connectivity index (χ1) is 9.36. The van der Waals surface area contributed by atoms with Crippen LogP contribution in [0.25, 0.3) is 5.76 Å². The van der Waals surface area contributed by atoms with E-state index < -0.39 is 11.3 Å². The first-order valence-corrected chi connectivity index (χ1v) is 7.91. The molecule has 0 bridgehead atoms. The number of benzene rings is 1. The topological polar surface area (TPSA) is 55.8 Å². The van der Waals surface area contributed by atoms with Crippen molar-refractivity contribution in [3.8, 4) is 5.75 Å². The van der Waals surface area contributed by atoms with Crippen LogP contribution in [0.4, 0.5) is 0 Å². The van der Waals surface area contributed by atoms with Crippen LogP contribution in [-0.4, -0.2) is 28.6 Å². The predicted molar refractivity (Wildman–Crippen MR) is 85.0 cm³/mol. The van der Waals surface area contributed by atoms with Gasteiger partial charge in [0.05, 0.1) is 16.3 Å². The Morgan fingerprint density at radius 3 is 2.55 bits per heavy atom.